The van der Waals surface area contributed by atoms with Crippen LogP contribution in [0.1, 0.15) is 21.5 Å². The third-order valence-electron chi connectivity index (χ3n) is 3.01. The van der Waals surface area contributed by atoms with Crippen LogP contribution in [0.3, 0.4) is 0 Å². The molecular formula is C18H12N2O3. The molecule has 0 saturated heterocycles. The second-order valence-electron chi connectivity index (χ2n) is 4.64. The highest BCUT2D eigenvalue weighted by molar-refractivity contribution is 5.87. The predicted molar refractivity (Wildman–Crippen MR) is 83.4 cm³/mol. The van der Waals surface area contributed by atoms with Gasteiger partial charge in [-0.05, 0) is 41.5 Å². The number of aromatic carboxylic acids is 1. The summed E-state index contributed by atoms with van der Waals surface area (Å²) in [5.41, 5.74) is 1.73. The third-order valence-corrected chi connectivity index (χ3v) is 3.01. The standard InChI is InChI=1S/C18H12N2O3/c19-10-15(11-20)8-13-4-6-17(7-5-13)23-12-14-2-1-3-16(9-14)18(21)22/h1-9H,12H2,(H,21,22). The summed E-state index contributed by atoms with van der Waals surface area (Å²) in [6, 6.07) is 17.0. The summed E-state index contributed by atoms with van der Waals surface area (Å²) in [7, 11) is 0. The minimum absolute atomic E-state index is 0.0316. The van der Waals surface area contributed by atoms with Crippen LogP contribution in [0, 0.1) is 22.7 Å². The van der Waals surface area contributed by atoms with Crippen LogP contribution in [-0.2, 0) is 6.61 Å². The summed E-state index contributed by atoms with van der Waals surface area (Å²) in [4.78, 5) is 10.9. The van der Waals surface area contributed by atoms with Gasteiger partial charge < -0.3 is 9.84 Å². The van der Waals surface area contributed by atoms with Gasteiger partial charge in [-0.1, -0.05) is 24.3 Å². The van der Waals surface area contributed by atoms with E-state index in [0.29, 0.717) is 5.75 Å². The highest BCUT2D eigenvalue weighted by Gasteiger charge is 2.04. The summed E-state index contributed by atoms with van der Waals surface area (Å²) in [6.45, 7) is 0.248. The molecule has 0 bridgehead atoms. The maximum Gasteiger partial charge on any atom is 0.335 e. The molecule has 0 saturated carbocycles. The Kier molecular flexibility index (Phi) is 5.12. The number of carbonyl (C=O) groups is 1. The number of hydrogen-bond acceptors (Lipinski definition) is 4. The van der Waals surface area contributed by atoms with Crippen molar-refractivity contribution in [2.75, 3.05) is 0 Å². The molecule has 0 radical (unpaired) electrons. The van der Waals surface area contributed by atoms with Gasteiger partial charge in [0, 0.05) is 0 Å². The number of nitriles is 2. The van der Waals surface area contributed by atoms with Gasteiger partial charge in [0.2, 0.25) is 0 Å². The van der Waals surface area contributed by atoms with Crippen LogP contribution in [-0.4, -0.2) is 11.1 Å². The maximum absolute atomic E-state index is 10.9. The largest absolute Gasteiger partial charge is 0.489 e. The van der Waals surface area contributed by atoms with Crippen molar-refractivity contribution in [2.24, 2.45) is 0 Å². The van der Waals surface area contributed by atoms with Gasteiger partial charge in [-0.15, -0.1) is 0 Å². The third kappa shape index (κ3) is 4.45. The molecule has 0 aliphatic rings. The van der Waals surface area contributed by atoms with Crippen molar-refractivity contribution in [3.05, 3.63) is 70.8 Å². The average molecular weight is 304 g/mol. The van der Waals surface area contributed by atoms with Crippen LogP contribution in [0.5, 0.6) is 5.75 Å². The molecule has 0 aliphatic carbocycles. The normalized spacial score (nSPS) is 9.30. The Balaban J connectivity index is 2.04. The minimum atomic E-state index is -0.978. The lowest BCUT2D eigenvalue weighted by atomic mass is 10.1. The van der Waals surface area contributed by atoms with Crippen molar-refractivity contribution in [3.63, 3.8) is 0 Å². The monoisotopic (exact) mass is 304 g/mol. The van der Waals surface area contributed by atoms with E-state index < -0.39 is 5.97 Å². The molecule has 2 rings (SSSR count). The van der Waals surface area contributed by atoms with Crippen LogP contribution in [0.15, 0.2) is 54.1 Å². The highest BCUT2D eigenvalue weighted by atomic mass is 16.5. The second-order valence-corrected chi connectivity index (χ2v) is 4.64. The first-order valence-electron chi connectivity index (χ1n) is 6.69. The zero-order chi connectivity index (χ0) is 16.7. The first kappa shape index (κ1) is 15.8. The molecule has 2 aromatic carbocycles. The first-order valence-corrected chi connectivity index (χ1v) is 6.69. The van der Waals surface area contributed by atoms with Crippen molar-refractivity contribution in [2.45, 2.75) is 6.61 Å². The Morgan fingerprint density at radius 1 is 1.13 bits per heavy atom. The molecule has 23 heavy (non-hydrogen) atoms. The van der Waals surface area contributed by atoms with Crippen molar-refractivity contribution in [1.29, 1.82) is 10.5 Å². The van der Waals surface area contributed by atoms with Crippen LogP contribution >= 0.6 is 0 Å². The highest BCUT2D eigenvalue weighted by Crippen LogP contribution is 2.16. The number of hydrogen-bond donors (Lipinski definition) is 1. The van der Waals surface area contributed by atoms with Gasteiger partial charge in [-0.2, -0.15) is 10.5 Å². The molecule has 0 fully saturated rings. The molecule has 0 atom stereocenters. The SMILES string of the molecule is N#CC(C#N)=Cc1ccc(OCc2cccc(C(=O)O)c2)cc1. The molecule has 0 aromatic heterocycles. The van der Waals surface area contributed by atoms with Gasteiger partial charge in [-0.25, -0.2) is 4.79 Å². The first-order chi connectivity index (χ1) is 11.1. The summed E-state index contributed by atoms with van der Waals surface area (Å²) >= 11 is 0. The van der Waals surface area contributed by atoms with Crippen LogP contribution in [0.4, 0.5) is 0 Å². The Labute approximate surface area is 133 Å². The molecule has 112 valence electrons. The molecule has 0 unspecified atom stereocenters. The fourth-order valence-corrected chi connectivity index (χ4v) is 1.88. The number of rotatable bonds is 5. The summed E-state index contributed by atoms with van der Waals surface area (Å²) in [5.74, 6) is -0.368. The van der Waals surface area contributed by atoms with Gasteiger partial charge >= 0.3 is 5.97 Å². The van der Waals surface area contributed by atoms with Gasteiger partial charge in [0.1, 0.15) is 30.1 Å². The van der Waals surface area contributed by atoms with Gasteiger partial charge in [0.05, 0.1) is 5.56 Å². The van der Waals surface area contributed by atoms with Crippen LogP contribution in [0.2, 0.25) is 0 Å². The number of allylic oxidation sites excluding steroid dienone is 1. The Bertz CT molecular complexity index is 809. The van der Waals surface area contributed by atoms with E-state index in [1.165, 1.54) is 12.1 Å². The van der Waals surface area contributed by atoms with E-state index in [2.05, 4.69) is 0 Å². The molecular weight excluding hydrogens is 292 g/mol. The molecule has 0 aliphatic heterocycles. The number of carboxylic acid groups (broad SMARTS) is 1. The molecule has 2 aromatic rings. The lowest BCUT2D eigenvalue weighted by molar-refractivity contribution is 0.0696. The van der Waals surface area contributed by atoms with E-state index in [-0.39, 0.29) is 17.7 Å². The van der Waals surface area contributed by atoms with Crippen molar-refractivity contribution < 1.29 is 14.6 Å². The number of carboxylic acids is 1. The topological polar surface area (TPSA) is 94.1 Å². The molecule has 1 N–H and O–H groups in total. The lowest BCUT2D eigenvalue weighted by Gasteiger charge is -2.07. The molecule has 0 amide bonds. The Morgan fingerprint density at radius 3 is 2.43 bits per heavy atom. The van der Waals surface area contributed by atoms with Crippen LogP contribution in [0.25, 0.3) is 6.08 Å². The smallest absolute Gasteiger partial charge is 0.335 e. The maximum atomic E-state index is 10.9. The fraction of sp³-hybridized carbons (Fsp3) is 0.0556. The Morgan fingerprint density at radius 2 is 1.83 bits per heavy atom. The zero-order valence-electron chi connectivity index (χ0n) is 12.1. The number of benzene rings is 2. The fourth-order valence-electron chi connectivity index (χ4n) is 1.88. The molecule has 5 nitrogen and oxygen atoms in total. The Hall–Kier alpha value is -3.57. The quantitative estimate of drug-likeness (QED) is 0.854. The average Bonchev–Trinajstić information content (AvgIpc) is 2.59. The molecule has 0 spiro atoms. The summed E-state index contributed by atoms with van der Waals surface area (Å²) in [6.07, 6.45) is 1.49. The van der Waals surface area contributed by atoms with Gasteiger partial charge in [0.15, 0.2) is 0 Å². The molecule has 5 heteroatoms. The van der Waals surface area contributed by atoms with Crippen LogP contribution < -0.4 is 4.74 Å². The van der Waals surface area contributed by atoms with E-state index in [9.17, 15) is 4.79 Å². The summed E-state index contributed by atoms with van der Waals surface area (Å²) in [5, 5.41) is 26.4. The number of nitrogens with zero attached hydrogens (tertiary/aromatic N) is 2. The van der Waals surface area contributed by atoms with E-state index in [1.54, 1.807) is 54.6 Å². The van der Waals surface area contributed by atoms with Crippen molar-refractivity contribution in [1.82, 2.24) is 0 Å². The van der Waals surface area contributed by atoms with E-state index in [4.69, 9.17) is 20.4 Å². The van der Waals surface area contributed by atoms with Gasteiger partial charge in [0.25, 0.3) is 0 Å². The van der Waals surface area contributed by atoms with E-state index >= 15 is 0 Å². The second kappa shape index (κ2) is 7.44. The number of ether oxygens (including phenoxy) is 1. The van der Waals surface area contributed by atoms with Crippen molar-refractivity contribution >= 4 is 12.0 Å². The van der Waals surface area contributed by atoms with Crippen molar-refractivity contribution in [3.8, 4) is 17.9 Å². The van der Waals surface area contributed by atoms with E-state index in [0.717, 1.165) is 11.1 Å². The minimum Gasteiger partial charge on any atom is -0.489 e. The van der Waals surface area contributed by atoms with E-state index in [1.807, 2.05) is 0 Å². The zero-order valence-corrected chi connectivity index (χ0v) is 12.1. The van der Waals surface area contributed by atoms with Gasteiger partial charge in [-0.3, -0.25) is 0 Å². The lowest BCUT2D eigenvalue weighted by Crippen LogP contribution is -2.00. The summed E-state index contributed by atoms with van der Waals surface area (Å²) < 4.78 is 5.60. The molecule has 0 heterocycles. The predicted octanol–water partition coefficient (Wildman–Crippen LogP) is 3.39.